The number of hydrogen-bond acceptors (Lipinski definition) is 3. The van der Waals surface area contributed by atoms with Crippen LogP contribution in [-0.4, -0.2) is 43.6 Å². The minimum atomic E-state index is 0.647. The van der Waals surface area contributed by atoms with Crippen molar-refractivity contribution in [1.29, 1.82) is 0 Å². The monoisotopic (exact) mass is 264 g/mol. The molecule has 0 amide bonds. The van der Waals surface area contributed by atoms with Crippen molar-refractivity contribution in [3.63, 3.8) is 0 Å². The molecule has 1 aliphatic rings. The largest absolute Gasteiger partial charge is 0.312 e. The van der Waals surface area contributed by atoms with Crippen LogP contribution in [0.1, 0.15) is 23.5 Å². The van der Waals surface area contributed by atoms with Crippen molar-refractivity contribution < 1.29 is 0 Å². The second kappa shape index (κ2) is 7.17. The number of thioether (sulfide) groups is 1. The lowest BCUT2D eigenvalue weighted by Gasteiger charge is -2.30. The summed E-state index contributed by atoms with van der Waals surface area (Å²) >= 11 is 1.94. The van der Waals surface area contributed by atoms with Crippen LogP contribution in [0.3, 0.4) is 0 Å². The van der Waals surface area contributed by atoms with Crippen LogP contribution in [0.4, 0.5) is 0 Å². The molecular weight excluding hydrogens is 240 g/mol. The third kappa shape index (κ3) is 3.74. The molecular formula is C15H24N2S. The Morgan fingerprint density at radius 1 is 1.39 bits per heavy atom. The van der Waals surface area contributed by atoms with E-state index in [0.717, 1.165) is 13.1 Å². The van der Waals surface area contributed by atoms with Crippen LogP contribution in [0.2, 0.25) is 0 Å². The highest BCUT2D eigenvalue weighted by Crippen LogP contribution is 2.24. The lowest BCUT2D eigenvalue weighted by molar-refractivity contribution is 0.302. The average Bonchev–Trinajstić information content (AvgIpc) is 2.39. The van der Waals surface area contributed by atoms with Crippen LogP contribution in [0.5, 0.6) is 0 Å². The smallest absolute Gasteiger partial charge is 0.0208 e. The molecule has 1 unspecified atom stereocenters. The zero-order chi connectivity index (χ0) is 12.8. The molecule has 0 aromatic heterocycles. The van der Waals surface area contributed by atoms with E-state index in [4.69, 9.17) is 0 Å². The van der Waals surface area contributed by atoms with Gasteiger partial charge in [-0.05, 0) is 43.1 Å². The van der Waals surface area contributed by atoms with Crippen LogP contribution in [-0.2, 0) is 6.54 Å². The van der Waals surface area contributed by atoms with Crippen molar-refractivity contribution >= 4 is 11.8 Å². The molecule has 1 aromatic rings. The summed E-state index contributed by atoms with van der Waals surface area (Å²) in [5, 5.41) is 3.53. The summed E-state index contributed by atoms with van der Waals surface area (Å²) < 4.78 is 0. The highest BCUT2D eigenvalue weighted by Gasteiger charge is 2.20. The van der Waals surface area contributed by atoms with Gasteiger partial charge in [0, 0.05) is 25.6 Å². The molecule has 3 heteroatoms. The quantitative estimate of drug-likeness (QED) is 0.795. The van der Waals surface area contributed by atoms with Crippen LogP contribution in [0.25, 0.3) is 0 Å². The first-order chi connectivity index (χ1) is 8.81. The second-order valence-electron chi connectivity index (χ2n) is 5.14. The maximum absolute atomic E-state index is 3.53. The van der Waals surface area contributed by atoms with Crippen molar-refractivity contribution in [2.24, 2.45) is 0 Å². The first kappa shape index (κ1) is 13.9. The minimum Gasteiger partial charge on any atom is -0.312 e. The van der Waals surface area contributed by atoms with Gasteiger partial charge in [-0.3, -0.25) is 0 Å². The molecule has 0 saturated heterocycles. The molecule has 0 spiro atoms. The zero-order valence-corrected chi connectivity index (χ0v) is 12.3. The molecule has 1 aromatic carbocycles. The summed E-state index contributed by atoms with van der Waals surface area (Å²) in [6, 6.07) is 8.87. The maximum atomic E-state index is 3.53. The predicted molar refractivity (Wildman–Crippen MR) is 81.4 cm³/mol. The first-order valence-corrected chi connectivity index (χ1v) is 8.16. The number of hydrogen-bond donors (Lipinski definition) is 1. The van der Waals surface area contributed by atoms with E-state index in [9.17, 15) is 0 Å². The van der Waals surface area contributed by atoms with E-state index in [1.54, 1.807) is 5.56 Å². The molecule has 1 heterocycles. The van der Waals surface area contributed by atoms with Crippen LogP contribution < -0.4 is 5.32 Å². The molecule has 2 rings (SSSR count). The first-order valence-electron chi connectivity index (χ1n) is 6.77. The fourth-order valence-corrected chi connectivity index (χ4v) is 3.11. The van der Waals surface area contributed by atoms with Gasteiger partial charge in [-0.15, -0.1) is 0 Å². The summed E-state index contributed by atoms with van der Waals surface area (Å²) in [4.78, 5) is 2.48. The molecule has 18 heavy (non-hydrogen) atoms. The number of nitrogens with one attached hydrogen (secondary N) is 1. The van der Waals surface area contributed by atoms with E-state index in [1.807, 2.05) is 11.8 Å². The molecule has 0 fully saturated rings. The van der Waals surface area contributed by atoms with Crippen molar-refractivity contribution in [2.75, 3.05) is 38.7 Å². The van der Waals surface area contributed by atoms with Gasteiger partial charge in [-0.1, -0.05) is 24.3 Å². The number of benzene rings is 1. The molecule has 0 bridgehead atoms. The Balaban J connectivity index is 1.90. The number of rotatable bonds is 6. The summed E-state index contributed by atoms with van der Waals surface area (Å²) in [7, 11) is 2.25. The van der Waals surface area contributed by atoms with Crippen LogP contribution in [0.15, 0.2) is 24.3 Å². The van der Waals surface area contributed by atoms with Gasteiger partial charge in [0.05, 0.1) is 0 Å². The van der Waals surface area contributed by atoms with E-state index >= 15 is 0 Å². The minimum absolute atomic E-state index is 0.647. The van der Waals surface area contributed by atoms with Gasteiger partial charge in [-0.2, -0.15) is 11.8 Å². The molecule has 1 aliphatic heterocycles. The standard InChI is InChI=1S/C15H24N2S/c1-17(8-5-9-18-2)12-14-11-16-10-13-6-3-4-7-15(13)14/h3-4,6-7,14,16H,5,8-12H2,1-2H3. The summed E-state index contributed by atoms with van der Waals surface area (Å²) in [5.74, 6) is 1.92. The Morgan fingerprint density at radius 2 is 2.22 bits per heavy atom. The molecule has 1 N–H and O–H groups in total. The lowest BCUT2D eigenvalue weighted by Crippen LogP contribution is -2.35. The van der Waals surface area contributed by atoms with Crippen molar-refractivity contribution in [1.82, 2.24) is 10.2 Å². The molecule has 1 atom stereocenters. The third-order valence-corrected chi connectivity index (χ3v) is 4.32. The van der Waals surface area contributed by atoms with Gasteiger partial charge in [0.25, 0.3) is 0 Å². The summed E-state index contributed by atoms with van der Waals surface area (Å²) in [6.45, 7) is 4.52. The Bertz CT molecular complexity index is 367. The van der Waals surface area contributed by atoms with Gasteiger partial charge in [0.1, 0.15) is 0 Å². The fraction of sp³-hybridized carbons (Fsp3) is 0.600. The lowest BCUT2D eigenvalue weighted by atomic mass is 9.90. The SMILES string of the molecule is CSCCCN(C)CC1CNCc2ccccc21. The van der Waals surface area contributed by atoms with Gasteiger partial charge in [0.2, 0.25) is 0 Å². The molecule has 0 aliphatic carbocycles. The van der Waals surface area contributed by atoms with Crippen molar-refractivity contribution in [3.05, 3.63) is 35.4 Å². The normalized spacial score (nSPS) is 18.9. The Labute approximate surface area is 115 Å². The Morgan fingerprint density at radius 3 is 3.06 bits per heavy atom. The van der Waals surface area contributed by atoms with E-state index in [-0.39, 0.29) is 0 Å². The van der Waals surface area contributed by atoms with Gasteiger partial charge in [-0.25, -0.2) is 0 Å². The van der Waals surface area contributed by atoms with Crippen LogP contribution in [0, 0.1) is 0 Å². The maximum Gasteiger partial charge on any atom is 0.0208 e. The van der Waals surface area contributed by atoms with Crippen molar-refractivity contribution in [2.45, 2.75) is 18.9 Å². The van der Waals surface area contributed by atoms with E-state index in [0.29, 0.717) is 5.92 Å². The molecule has 100 valence electrons. The van der Waals surface area contributed by atoms with E-state index in [1.165, 1.54) is 30.8 Å². The average molecular weight is 264 g/mol. The molecule has 2 nitrogen and oxygen atoms in total. The topological polar surface area (TPSA) is 15.3 Å². The predicted octanol–water partition coefficient (Wildman–Crippen LogP) is 2.56. The van der Waals surface area contributed by atoms with E-state index in [2.05, 4.69) is 47.8 Å². The third-order valence-electron chi connectivity index (χ3n) is 3.62. The number of likely N-dealkylation sites (N-methyl/N-ethyl adjacent to an activating group) is 1. The fourth-order valence-electron chi connectivity index (χ4n) is 2.69. The Kier molecular flexibility index (Phi) is 5.54. The summed E-state index contributed by atoms with van der Waals surface area (Å²) in [5.41, 5.74) is 3.03. The Hall–Kier alpha value is -0.510. The zero-order valence-electron chi connectivity index (χ0n) is 11.5. The van der Waals surface area contributed by atoms with Crippen molar-refractivity contribution in [3.8, 4) is 0 Å². The summed E-state index contributed by atoms with van der Waals surface area (Å²) in [6.07, 6.45) is 3.47. The number of nitrogens with zero attached hydrogens (tertiary/aromatic N) is 1. The van der Waals surface area contributed by atoms with Gasteiger partial charge < -0.3 is 10.2 Å². The van der Waals surface area contributed by atoms with Gasteiger partial charge >= 0.3 is 0 Å². The second-order valence-corrected chi connectivity index (χ2v) is 6.12. The highest BCUT2D eigenvalue weighted by molar-refractivity contribution is 7.98. The van der Waals surface area contributed by atoms with Gasteiger partial charge in [0.15, 0.2) is 0 Å². The van der Waals surface area contributed by atoms with E-state index < -0.39 is 0 Å². The molecule has 0 saturated carbocycles. The number of fused-ring (bicyclic) bond motifs is 1. The highest BCUT2D eigenvalue weighted by atomic mass is 32.2. The van der Waals surface area contributed by atoms with Crippen LogP contribution >= 0.6 is 11.8 Å². The molecule has 0 radical (unpaired) electrons.